The molecule has 1 saturated carbocycles. The summed E-state index contributed by atoms with van der Waals surface area (Å²) >= 11 is 6.11. The van der Waals surface area contributed by atoms with Crippen molar-refractivity contribution in [1.82, 2.24) is 5.32 Å². The summed E-state index contributed by atoms with van der Waals surface area (Å²) in [5, 5.41) is 4.24. The largest absolute Gasteiger partial charge is 0.495 e. The minimum absolute atomic E-state index is 0.355. The van der Waals surface area contributed by atoms with Gasteiger partial charge in [-0.1, -0.05) is 24.6 Å². The maximum atomic E-state index is 6.11. The molecule has 1 unspecified atom stereocenters. The second kappa shape index (κ2) is 8.02. The van der Waals surface area contributed by atoms with Crippen molar-refractivity contribution in [3.05, 3.63) is 28.8 Å². The van der Waals surface area contributed by atoms with Crippen LogP contribution in [-0.2, 0) is 4.74 Å². The highest BCUT2D eigenvalue weighted by molar-refractivity contribution is 6.32. The maximum Gasteiger partial charge on any atom is 0.137 e. The average molecular weight is 312 g/mol. The lowest BCUT2D eigenvalue weighted by molar-refractivity contribution is -0.0291. The van der Waals surface area contributed by atoms with Crippen LogP contribution in [0.15, 0.2) is 18.2 Å². The maximum absolute atomic E-state index is 6.11. The molecule has 3 nitrogen and oxygen atoms in total. The molecule has 0 spiro atoms. The molecule has 1 aromatic carbocycles. The predicted octanol–water partition coefficient (Wildman–Crippen LogP) is 4.20. The summed E-state index contributed by atoms with van der Waals surface area (Å²) in [4.78, 5) is 0. The number of rotatable bonds is 8. The number of methoxy groups -OCH3 is 1. The van der Waals surface area contributed by atoms with Gasteiger partial charge in [0.2, 0.25) is 0 Å². The number of benzene rings is 1. The van der Waals surface area contributed by atoms with Gasteiger partial charge in [-0.15, -0.1) is 0 Å². The van der Waals surface area contributed by atoms with Gasteiger partial charge in [-0.3, -0.25) is 0 Å². The van der Waals surface area contributed by atoms with Gasteiger partial charge in [0.05, 0.1) is 18.2 Å². The van der Waals surface area contributed by atoms with Crippen LogP contribution in [0.25, 0.3) is 0 Å². The van der Waals surface area contributed by atoms with E-state index in [4.69, 9.17) is 21.1 Å². The Kier molecular flexibility index (Phi) is 6.34. The molecule has 21 heavy (non-hydrogen) atoms. The normalized spacial score (nSPS) is 22.7. The summed E-state index contributed by atoms with van der Waals surface area (Å²) in [7, 11) is 1.66. The second-order valence-electron chi connectivity index (χ2n) is 5.65. The molecule has 0 aromatic heterocycles. The van der Waals surface area contributed by atoms with Crippen LogP contribution in [0.5, 0.6) is 5.75 Å². The van der Waals surface area contributed by atoms with E-state index in [0.29, 0.717) is 17.2 Å². The number of ether oxygens (including phenoxy) is 2. The molecule has 1 aliphatic rings. The number of nitrogens with one attached hydrogen (secondary N) is 1. The first-order valence-electron chi connectivity index (χ1n) is 7.86. The van der Waals surface area contributed by atoms with Crippen molar-refractivity contribution in [1.29, 1.82) is 0 Å². The van der Waals surface area contributed by atoms with Gasteiger partial charge in [0.15, 0.2) is 0 Å². The van der Waals surface area contributed by atoms with E-state index >= 15 is 0 Å². The first kappa shape index (κ1) is 16.6. The van der Waals surface area contributed by atoms with Gasteiger partial charge in [0.1, 0.15) is 5.75 Å². The zero-order valence-electron chi connectivity index (χ0n) is 13.2. The van der Waals surface area contributed by atoms with E-state index in [1.54, 1.807) is 7.11 Å². The van der Waals surface area contributed by atoms with E-state index in [1.807, 2.05) is 12.1 Å². The molecule has 0 saturated heterocycles. The summed E-state index contributed by atoms with van der Waals surface area (Å²) in [5.41, 5.74) is 1.25. The van der Waals surface area contributed by atoms with Crippen molar-refractivity contribution in [2.45, 2.75) is 45.3 Å². The molecule has 0 amide bonds. The van der Waals surface area contributed by atoms with E-state index in [0.717, 1.165) is 31.2 Å². The minimum Gasteiger partial charge on any atom is -0.495 e. The molecule has 0 aliphatic heterocycles. The van der Waals surface area contributed by atoms with Crippen LogP contribution < -0.4 is 10.1 Å². The fraction of sp³-hybridized carbons (Fsp3) is 0.647. The molecule has 1 atom stereocenters. The van der Waals surface area contributed by atoms with Crippen LogP contribution >= 0.6 is 11.6 Å². The smallest absolute Gasteiger partial charge is 0.137 e. The van der Waals surface area contributed by atoms with Crippen LogP contribution in [-0.4, -0.2) is 26.4 Å². The predicted molar refractivity (Wildman–Crippen MR) is 87.2 cm³/mol. The lowest BCUT2D eigenvalue weighted by Gasteiger charge is -2.37. The van der Waals surface area contributed by atoms with Crippen LogP contribution in [0.2, 0.25) is 5.02 Å². The minimum atomic E-state index is 0.355. The van der Waals surface area contributed by atoms with Crippen molar-refractivity contribution in [3.63, 3.8) is 0 Å². The Morgan fingerprint density at radius 3 is 2.71 bits per heavy atom. The van der Waals surface area contributed by atoms with E-state index < -0.39 is 0 Å². The molecule has 1 N–H and O–H groups in total. The third-order valence-electron chi connectivity index (χ3n) is 4.19. The monoisotopic (exact) mass is 311 g/mol. The zero-order valence-corrected chi connectivity index (χ0v) is 14.0. The summed E-state index contributed by atoms with van der Waals surface area (Å²) in [6.07, 6.45) is 3.98. The molecular formula is C17H26ClNO2. The Labute approximate surface area is 133 Å². The summed E-state index contributed by atoms with van der Waals surface area (Å²) < 4.78 is 11.0. The molecule has 1 fully saturated rings. The lowest BCUT2D eigenvalue weighted by Crippen LogP contribution is -2.34. The second-order valence-corrected chi connectivity index (χ2v) is 6.06. The fourth-order valence-corrected chi connectivity index (χ4v) is 3.24. The average Bonchev–Trinajstić information content (AvgIpc) is 2.45. The van der Waals surface area contributed by atoms with Crippen LogP contribution in [0, 0.1) is 5.92 Å². The van der Waals surface area contributed by atoms with E-state index in [1.165, 1.54) is 18.4 Å². The van der Waals surface area contributed by atoms with Crippen LogP contribution in [0.4, 0.5) is 0 Å². The SMILES string of the molecule is CCNC(CC1CC(OCC)C1)c1ccc(Cl)c(OC)c1. The topological polar surface area (TPSA) is 30.5 Å². The Bertz CT molecular complexity index is 446. The Balaban J connectivity index is 1.99. The van der Waals surface area contributed by atoms with Gasteiger partial charge in [-0.25, -0.2) is 0 Å². The highest BCUT2D eigenvalue weighted by atomic mass is 35.5. The Morgan fingerprint density at radius 1 is 1.33 bits per heavy atom. The van der Waals surface area contributed by atoms with E-state index in [-0.39, 0.29) is 0 Å². The zero-order chi connectivity index (χ0) is 15.2. The van der Waals surface area contributed by atoms with Gasteiger partial charge in [0, 0.05) is 12.6 Å². The first-order chi connectivity index (χ1) is 10.2. The lowest BCUT2D eigenvalue weighted by atomic mass is 9.77. The molecule has 1 aromatic rings. The quantitative estimate of drug-likeness (QED) is 0.780. The molecule has 4 heteroatoms. The number of hydrogen-bond acceptors (Lipinski definition) is 3. The standard InChI is InChI=1S/C17H26ClNO2/c1-4-19-16(10-12-8-14(9-12)21-5-2)13-6-7-15(18)17(11-13)20-3/h6-7,11-12,14,16,19H,4-5,8-10H2,1-3H3. The van der Waals surface area contributed by atoms with Crippen molar-refractivity contribution in [2.75, 3.05) is 20.3 Å². The molecule has 118 valence electrons. The fourth-order valence-electron chi connectivity index (χ4n) is 3.05. The number of hydrogen-bond donors (Lipinski definition) is 1. The first-order valence-corrected chi connectivity index (χ1v) is 8.24. The molecular weight excluding hydrogens is 286 g/mol. The third kappa shape index (κ3) is 4.35. The summed E-state index contributed by atoms with van der Waals surface area (Å²) in [6.45, 7) is 5.98. The van der Waals surface area contributed by atoms with Crippen molar-refractivity contribution >= 4 is 11.6 Å². The van der Waals surface area contributed by atoms with Gasteiger partial charge in [-0.2, -0.15) is 0 Å². The highest BCUT2D eigenvalue weighted by Crippen LogP contribution is 2.38. The van der Waals surface area contributed by atoms with Gasteiger partial charge < -0.3 is 14.8 Å². The molecule has 0 radical (unpaired) electrons. The number of halogens is 1. The summed E-state index contributed by atoms with van der Waals surface area (Å²) in [6, 6.07) is 6.42. The highest BCUT2D eigenvalue weighted by Gasteiger charge is 2.31. The van der Waals surface area contributed by atoms with Crippen molar-refractivity contribution < 1.29 is 9.47 Å². The van der Waals surface area contributed by atoms with Gasteiger partial charge in [-0.05, 0) is 56.3 Å². The van der Waals surface area contributed by atoms with E-state index in [9.17, 15) is 0 Å². The molecule has 2 rings (SSSR count). The molecule has 0 heterocycles. The Hall–Kier alpha value is -0.770. The molecule has 0 bridgehead atoms. The van der Waals surface area contributed by atoms with Crippen LogP contribution in [0.3, 0.4) is 0 Å². The van der Waals surface area contributed by atoms with Gasteiger partial charge in [0.25, 0.3) is 0 Å². The van der Waals surface area contributed by atoms with E-state index in [2.05, 4.69) is 25.2 Å². The molecule has 1 aliphatic carbocycles. The summed E-state index contributed by atoms with van der Waals surface area (Å²) in [5.74, 6) is 1.49. The van der Waals surface area contributed by atoms with Gasteiger partial charge >= 0.3 is 0 Å². The Morgan fingerprint density at radius 2 is 2.10 bits per heavy atom. The third-order valence-corrected chi connectivity index (χ3v) is 4.50. The van der Waals surface area contributed by atoms with Crippen molar-refractivity contribution in [2.24, 2.45) is 5.92 Å². The van der Waals surface area contributed by atoms with Crippen molar-refractivity contribution in [3.8, 4) is 5.75 Å². The van der Waals surface area contributed by atoms with Crippen LogP contribution in [0.1, 0.15) is 44.7 Å².